The summed E-state index contributed by atoms with van der Waals surface area (Å²) >= 11 is 0. The third kappa shape index (κ3) is 1.25. The number of hydrogen-bond acceptors (Lipinski definition) is 3. The summed E-state index contributed by atoms with van der Waals surface area (Å²) in [7, 11) is 0. The van der Waals surface area contributed by atoms with Crippen molar-refractivity contribution in [3.05, 3.63) is 23.8 Å². The van der Waals surface area contributed by atoms with E-state index < -0.39 is 0 Å². The van der Waals surface area contributed by atoms with E-state index in [0.29, 0.717) is 0 Å². The van der Waals surface area contributed by atoms with E-state index in [9.17, 15) is 5.11 Å². The molecule has 1 aromatic rings. The van der Waals surface area contributed by atoms with Crippen molar-refractivity contribution in [3.8, 4) is 11.5 Å². The Morgan fingerprint density at radius 3 is 2.38 bits per heavy atom. The van der Waals surface area contributed by atoms with E-state index in [0.717, 1.165) is 18.4 Å². The minimum absolute atomic E-state index is 0.0509. The van der Waals surface area contributed by atoms with Gasteiger partial charge in [-0.3, -0.25) is 0 Å². The summed E-state index contributed by atoms with van der Waals surface area (Å²) in [5, 5.41) is 27.7. The number of phenolic OH excluding ortho intramolecular Hbond substituents is 2. The molecule has 0 bridgehead atoms. The zero-order valence-electron chi connectivity index (χ0n) is 7.20. The first-order valence-electron chi connectivity index (χ1n) is 4.31. The van der Waals surface area contributed by atoms with Crippen LogP contribution in [-0.2, 0) is 5.41 Å². The molecular formula is C10H12O3. The Labute approximate surface area is 76.3 Å². The molecule has 2 rings (SSSR count). The molecule has 0 saturated heterocycles. The second-order valence-electron chi connectivity index (χ2n) is 3.64. The summed E-state index contributed by atoms with van der Waals surface area (Å²) in [4.78, 5) is 0. The van der Waals surface area contributed by atoms with Gasteiger partial charge in [0.05, 0.1) is 6.61 Å². The largest absolute Gasteiger partial charge is 0.508 e. The lowest BCUT2D eigenvalue weighted by atomic mass is 9.96. The number of phenols is 2. The lowest BCUT2D eigenvalue weighted by Crippen LogP contribution is -2.11. The molecule has 1 aliphatic carbocycles. The standard InChI is InChI=1S/C10H12O3/c11-6-10(3-4-10)8-2-1-7(12)5-9(8)13/h1-2,5,11-13H,3-4,6H2. The van der Waals surface area contributed by atoms with Gasteiger partial charge in [-0.2, -0.15) is 0 Å². The Kier molecular flexibility index (Phi) is 1.70. The van der Waals surface area contributed by atoms with Crippen LogP contribution in [0.3, 0.4) is 0 Å². The van der Waals surface area contributed by atoms with Crippen LogP contribution in [0.2, 0.25) is 0 Å². The molecule has 0 heterocycles. The van der Waals surface area contributed by atoms with Crippen LogP contribution in [-0.4, -0.2) is 21.9 Å². The van der Waals surface area contributed by atoms with Crippen LogP contribution in [0.4, 0.5) is 0 Å². The van der Waals surface area contributed by atoms with Crippen molar-refractivity contribution in [2.24, 2.45) is 0 Å². The summed E-state index contributed by atoms with van der Waals surface area (Å²) < 4.78 is 0. The van der Waals surface area contributed by atoms with Gasteiger partial charge in [-0.1, -0.05) is 6.07 Å². The van der Waals surface area contributed by atoms with Gasteiger partial charge in [0.15, 0.2) is 0 Å². The van der Waals surface area contributed by atoms with Crippen molar-refractivity contribution in [1.82, 2.24) is 0 Å². The van der Waals surface area contributed by atoms with Gasteiger partial charge >= 0.3 is 0 Å². The molecule has 0 aromatic heterocycles. The van der Waals surface area contributed by atoms with Crippen LogP contribution >= 0.6 is 0 Å². The zero-order valence-corrected chi connectivity index (χ0v) is 7.20. The van der Waals surface area contributed by atoms with Crippen LogP contribution < -0.4 is 0 Å². The molecule has 1 aromatic carbocycles. The number of hydrogen-bond donors (Lipinski definition) is 3. The Morgan fingerprint density at radius 2 is 1.92 bits per heavy atom. The maximum absolute atomic E-state index is 9.53. The third-order valence-corrected chi connectivity index (χ3v) is 2.71. The maximum atomic E-state index is 9.53. The number of aliphatic hydroxyl groups is 1. The molecule has 0 unspecified atom stereocenters. The molecular weight excluding hydrogens is 168 g/mol. The average molecular weight is 180 g/mol. The predicted octanol–water partition coefficient (Wildman–Crippen LogP) is 1.12. The highest BCUT2D eigenvalue weighted by atomic mass is 16.3. The molecule has 70 valence electrons. The zero-order chi connectivity index (χ0) is 9.47. The summed E-state index contributed by atoms with van der Waals surface area (Å²) in [6.07, 6.45) is 1.81. The SMILES string of the molecule is OCC1(c2ccc(O)cc2O)CC1. The van der Waals surface area contributed by atoms with Crippen molar-refractivity contribution in [2.45, 2.75) is 18.3 Å². The third-order valence-electron chi connectivity index (χ3n) is 2.71. The number of aliphatic hydroxyl groups excluding tert-OH is 1. The molecule has 3 nitrogen and oxygen atoms in total. The van der Waals surface area contributed by atoms with Gasteiger partial charge in [-0.25, -0.2) is 0 Å². The second-order valence-corrected chi connectivity index (χ2v) is 3.64. The highest BCUT2D eigenvalue weighted by Crippen LogP contribution is 2.51. The van der Waals surface area contributed by atoms with Crippen molar-refractivity contribution < 1.29 is 15.3 Å². The van der Waals surface area contributed by atoms with Gasteiger partial charge < -0.3 is 15.3 Å². The maximum Gasteiger partial charge on any atom is 0.123 e. The first kappa shape index (κ1) is 8.38. The summed E-state index contributed by atoms with van der Waals surface area (Å²) in [6, 6.07) is 4.52. The molecule has 0 spiro atoms. The van der Waals surface area contributed by atoms with E-state index in [1.165, 1.54) is 12.1 Å². The first-order chi connectivity index (χ1) is 6.18. The summed E-state index contributed by atoms with van der Waals surface area (Å²) in [5.41, 5.74) is 0.505. The summed E-state index contributed by atoms with van der Waals surface area (Å²) in [5.74, 6) is 0.126. The Balaban J connectivity index is 2.41. The highest BCUT2D eigenvalue weighted by molar-refractivity contribution is 5.46. The predicted molar refractivity (Wildman–Crippen MR) is 47.8 cm³/mol. The van der Waals surface area contributed by atoms with E-state index in [2.05, 4.69) is 0 Å². The van der Waals surface area contributed by atoms with Gasteiger partial charge in [0.1, 0.15) is 11.5 Å². The molecule has 0 atom stereocenters. The number of aromatic hydroxyl groups is 2. The van der Waals surface area contributed by atoms with Crippen molar-refractivity contribution in [1.29, 1.82) is 0 Å². The van der Waals surface area contributed by atoms with Crippen LogP contribution in [0.1, 0.15) is 18.4 Å². The quantitative estimate of drug-likeness (QED) is 0.639. The van der Waals surface area contributed by atoms with Gasteiger partial charge in [-0.05, 0) is 18.9 Å². The average Bonchev–Trinajstić information content (AvgIpc) is 2.85. The van der Waals surface area contributed by atoms with Crippen LogP contribution in [0.5, 0.6) is 11.5 Å². The van der Waals surface area contributed by atoms with Crippen molar-refractivity contribution in [2.75, 3.05) is 6.61 Å². The van der Waals surface area contributed by atoms with Gasteiger partial charge in [0, 0.05) is 17.0 Å². The first-order valence-corrected chi connectivity index (χ1v) is 4.31. The molecule has 1 saturated carbocycles. The van der Waals surface area contributed by atoms with Crippen LogP contribution in [0.25, 0.3) is 0 Å². The van der Waals surface area contributed by atoms with E-state index in [-0.39, 0.29) is 23.5 Å². The highest BCUT2D eigenvalue weighted by Gasteiger charge is 2.45. The topological polar surface area (TPSA) is 60.7 Å². The molecule has 13 heavy (non-hydrogen) atoms. The fourth-order valence-electron chi connectivity index (χ4n) is 1.63. The molecule has 0 amide bonds. The fourth-order valence-corrected chi connectivity index (χ4v) is 1.63. The molecule has 0 radical (unpaired) electrons. The molecule has 3 N–H and O–H groups in total. The lowest BCUT2D eigenvalue weighted by Gasteiger charge is -2.13. The van der Waals surface area contributed by atoms with E-state index in [4.69, 9.17) is 10.2 Å². The Morgan fingerprint density at radius 1 is 1.23 bits per heavy atom. The lowest BCUT2D eigenvalue weighted by molar-refractivity contribution is 0.252. The minimum Gasteiger partial charge on any atom is -0.508 e. The fraction of sp³-hybridized carbons (Fsp3) is 0.400. The van der Waals surface area contributed by atoms with Gasteiger partial charge in [0.2, 0.25) is 0 Å². The van der Waals surface area contributed by atoms with E-state index in [1.54, 1.807) is 6.07 Å². The second kappa shape index (κ2) is 2.64. The van der Waals surface area contributed by atoms with Crippen molar-refractivity contribution >= 4 is 0 Å². The summed E-state index contributed by atoms with van der Waals surface area (Å²) in [6.45, 7) is 0.0608. The molecule has 3 heteroatoms. The smallest absolute Gasteiger partial charge is 0.123 e. The minimum atomic E-state index is -0.238. The van der Waals surface area contributed by atoms with Gasteiger partial charge in [-0.15, -0.1) is 0 Å². The Hall–Kier alpha value is -1.22. The monoisotopic (exact) mass is 180 g/mol. The van der Waals surface area contributed by atoms with E-state index >= 15 is 0 Å². The Bertz CT molecular complexity index is 329. The number of rotatable bonds is 2. The van der Waals surface area contributed by atoms with Crippen molar-refractivity contribution in [3.63, 3.8) is 0 Å². The van der Waals surface area contributed by atoms with Crippen LogP contribution in [0, 0.1) is 0 Å². The molecule has 0 aliphatic heterocycles. The van der Waals surface area contributed by atoms with Crippen LogP contribution in [0.15, 0.2) is 18.2 Å². The molecule has 1 fully saturated rings. The van der Waals surface area contributed by atoms with E-state index in [1.807, 2.05) is 0 Å². The van der Waals surface area contributed by atoms with Gasteiger partial charge in [0.25, 0.3) is 0 Å². The number of benzene rings is 1. The normalized spacial score (nSPS) is 18.5. The molecule has 1 aliphatic rings.